The first-order valence-corrected chi connectivity index (χ1v) is 2.43. The zero-order valence-electron chi connectivity index (χ0n) is 4.53. The Bertz CT molecular complexity index is 119. The Morgan fingerprint density at radius 3 is 2.11 bits per heavy atom. The first-order valence-electron chi connectivity index (χ1n) is 1.99. The second-order valence-electron chi connectivity index (χ2n) is 1.16. The fraction of sp³-hybridized carbons (Fsp3) is 0.667. The monoisotopic (exact) mass is 158 g/mol. The average molecular weight is 158 g/mol. The number of hydrazone groups is 1. The fourth-order valence-corrected chi connectivity index (χ4v) is 0.269. The van der Waals surface area contributed by atoms with Crippen LogP contribution in [0.2, 0.25) is 0 Å². The van der Waals surface area contributed by atoms with E-state index in [9.17, 15) is 13.2 Å². The summed E-state index contributed by atoms with van der Waals surface area (Å²) < 4.78 is 34.2. The number of hydrogen-bond acceptors (Lipinski definition) is 2. The predicted molar refractivity (Wildman–Crippen MR) is 31.5 cm³/mol. The largest absolute Gasteiger partial charge is 0.441 e. The highest BCUT2D eigenvalue weighted by Crippen LogP contribution is 2.18. The molecule has 0 rings (SSSR count). The number of halogens is 3. The third-order valence-corrected chi connectivity index (χ3v) is 0.825. The third-order valence-electron chi connectivity index (χ3n) is 0.471. The minimum absolute atomic E-state index is 1.18. The molecule has 0 saturated heterocycles. The summed E-state index contributed by atoms with van der Waals surface area (Å²) in [5.41, 5.74) is 1.97. The van der Waals surface area contributed by atoms with Crippen LogP contribution >= 0.6 is 12.6 Å². The van der Waals surface area contributed by atoms with Crippen molar-refractivity contribution in [2.75, 3.05) is 7.05 Å². The summed E-state index contributed by atoms with van der Waals surface area (Å²) in [5, 5.41) is 1.63. The lowest BCUT2D eigenvalue weighted by atomic mass is 10.7. The zero-order chi connectivity index (χ0) is 7.49. The number of nitrogens with one attached hydrogen (secondary N) is 1. The SMILES string of the molecule is CN/N=C(\S)C(F)(F)F. The van der Waals surface area contributed by atoms with E-state index >= 15 is 0 Å². The molecule has 0 spiro atoms. The summed E-state index contributed by atoms with van der Waals surface area (Å²) in [7, 11) is 1.27. The molecule has 6 heteroatoms. The molecule has 54 valence electrons. The molecule has 0 radical (unpaired) electrons. The molecule has 0 fully saturated rings. The van der Waals surface area contributed by atoms with E-state index in [1.165, 1.54) is 7.05 Å². The maximum Gasteiger partial charge on any atom is 0.441 e. The van der Waals surface area contributed by atoms with Gasteiger partial charge in [0.15, 0.2) is 5.04 Å². The van der Waals surface area contributed by atoms with Gasteiger partial charge in [-0.15, -0.1) is 12.6 Å². The van der Waals surface area contributed by atoms with Crippen LogP contribution in [0.15, 0.2) is 5.10 Å². The van der Waals surface area contributed by atoms with E-state index in [2.05, 4.69) is 17.7 Å². The van der Waals surface area contributed by atoms with E-state index < -0.39 is 11.2 Å². The normalized spacial score (nSPS) is 13.7. The molecule has 0 aromatic rings. The van der Waals surface area contributed by atoms with Crippen molar-refractivity contribution in [1.82, 2.24) is 5.43 Å². The second kappa shape index (κ2) is 2.95. The molecular weight excluding hydrogens is 153 g/mol. The van der Waals surface area contributed by atoms with Crippen molar-refractivity contribution < 1.29 is 13.2 Å². The Kier molecular flexibility index (Phi) is 2.83. The Labute approximate surface area is 55.5 Å². The number of rotatable bonds is 1. The van der Waals surface area contributed by atoms with Crippen LogP contribution in [-0.2, 0) is 0 Å². The highest BCUT2D eigenvalue weighted by molar-refractivity contribution is 7.97. The second-order valence-corrected chi connectivity index (χ2v) is 1.58. The number of alkyl halides is 3. The van der Waals surface area contributed by atoms with Gasteiger partial charge in [0, 0.05) is 7.05 Å². The van der Waals surface area contributed by atoms with Crippen LogP contribution in [0.25, 0.3) is 0 Å². The number of hydrogen-bond donors (Lipinski definition) is 2. The van der Waals surface area contributed by atoms with Crippen LogP contribution in [-0.4, -0.2) is 18.3 Å². The van der Waals surface area contributed by atoms with Crippen LogP contribution < -0.4 is 5.43 Å². The molecular formula is C3H5F3N2S. The highest BCUT2D eigenvalue weighted by Gasteiger charge is 2.33. The lowest BCUT2D eigenvalue weighted by Gasteiger charge is -2.01. The average Bonchev–Trinajstić information content (AvgIpc) is 1.64. The Morgan fingerprint density at radius 2 is 2.00 bits per heavy atom. The molecule has 0 aromatic heterocycles. The van der Waals surface area contributed by atoms with Gasteiger partial charge in [-0.2, -0.15) is 18.3 Å². The Morgan fingerprint density at radius 1 is 1.56 bits per heavy atom. The minimum atomic E-state index is -4.44. The molecule has 0 aliphatic rings. The molecule has 1 N–H and O–H groups in total. The molecule has 0 aliphatic carbocycles. The van der Waals surface area contributed by atoms with Crippen molar-refractivity contribution in [2.24, 2.45) is 5.10 Å². The van der Waals surface area contributed by atoms with E-state index in [-0.39, 0.29) is 0 Å². The molecule has 0 atom stereocenters. The van der Waals surface area contributed by atoms with Crippen molar-refractivity contribution in [3.8, 4) is 0 Å². The van der Waals surface area contributed by atoms with Gasteiger partial charge in [0.25, 0.3) is 0 Å². The van der Waals surface area contributed by atoms with Crippen LogP contribution in [0.5, 0.6) is 0 Å². The van der Waals surface area contributed by atoms with E-state index in [1.54, 1.807) is 0 Å². The summed E-state index contributed by atoms with van der Waals surface area (Å²) in [6.45, 7) is 0. The summed E-state index contributed by atoms with van der Waals surface area (Å²) in [6.07, 6.45) is -4.44. The maximum atomic E-state index is 11.4. The minimum Gasteiger partial charge on any atom is -0.312 e. The Balaban J connectivity index is 4.03. The third kappa shape index (κ3) is 3.23. The van der Waals surface area contributed by atoms with E-state index in [4.69, 9.17) is 0 Å². The van der Waals surface area contributed by atoms with Crippen LogP contribution in [0.1, 0.15) is 0 Å². The number of nitrogens with zero attached hydrogens (tertiary/aromatic N) is 1. The van der Waals surface area contributed by atoms with Gasteiger partial charge in [0.1, 0.15) is 0 Å². The quantitative estimate of drug-likeness (QED) is 0.253. The van der Waals surface area contributed by atoms with Gasteiger partial charge >= 0.3 is 6.18 Å². The fourth-order valence-electron chi connectivity index (χ4n) is 0.169. The van der Waals surface area contributed by atoms with Crippen LogP contribution in [0.4, 0.5) is 13.2 Å². The van der Waals surface area contributed by atoms with Crippen molar-refractivity contribution >= 4 is 17.7 Å². The van der Waals surface area contributed by atoms with Crippen molar-refractivity contribution in [2.45, 2.75) is 6.18 Å². The molecule has 0 aliphatic heterocycles. The summed E-state index contributed by atoms with van der Waals surface area (Å²) in [4.78, 5) is 0. The van der Waals surface area contributed by atoms with E-state index in [0.29, 0.717) is 0 Å². The van der Waals surface area contributed by atoms with Gasteiger partial charge in [0.2, 0.25) is 0 Å². The molecule has 0 saturated carbocycles. The van der Waals surface area contributed by atoms with Gasteiger partial charge in [-0.3, -0.25) is 0 Å². The lowest BCUT2D eigenvalue weighted by molar-refractivity contribution is -0.0557. The zero-order valence-corrected chi connectivity index (χ0v) is 5.42. The van der Waals surface area contributed by atoms with Gasteiger partial charge in [-0.05, 0) is 0 Å². The molecule has 0 heterocycles. The predicted octanol–water partition coefficient (Wildman–Crippen LogP) is 1.01. The van der Waals surface area contributed by atoms with Crippen molar-refractivity contribution in [1.29, 1.82) is 0 Å². The molecule has 0 amide bonds. The first-order chi connectivity index (χ1) is 3.98. The van der Waals surface area contributed by atoms with Crippen LogP contribution in [0.3, 0.4) is 0 Å². The van der Waals surface area contributed by atoms with Crippen molar-refractivity contribution in [3.05, 3.63) is 0 Å². The summed E-state index contributed by atoms with van der Waals surface area (Å²) in [6, 6.07) is 0. The van der Waals surface area contributed by atoms with E-state index in [1.807, 2.05) is 5.43 Å². The standard InChI is InChI=1S/C3H5F3N2S/c1-7-8-2(9)3(4,5)6/h7H,1H3,(H,8,9). The molecule has 0 unspecified atom stereocenters. The summed E-state index contributed by atoms with van der Waals surface area (Å²) in [5.74, 6) is 0. The lowest BCUT2D eigenvalue weighted by Crippen LogP contribution is -2.19. The van der Waals surface area contributed by atoms with Gasteiger partial charge in [-0.1, -0.05) is 0 Å². The molecule has 0 bridgehead atoms. The van der Waals surface area contributed by atoms with E-state index in [0.717, 1.165) is 0 Å². The molecule has 0 aromatic carbocycles. The van der Waals surface area contributed by atoms with Crippen molar-refractivity contribution in [3.63, 3.8) is 0 Å². The number of thiol groups is 1. The summed E-state index contributed by atoms with van der Waals surface area (Å²) >= 11 is 3.05. The smallest absolute Gasteiger partial charge is 0.312 e. The highest BCUT2D eigenvalue weighted by atomic mass is 32.1. The first kappa shape index (κ1) is 8.61. The van der Waals surface area contributed by atoms with Gasteiger partial charge in [-0.25, -0.2) is 0 Å². The van der Waals surface area contributed by atoms with Gasteiger partial charge < -0.3 is 5.43 Å². The molecule has 9 heavy (non-hydrogen) atoms. The van der Waals surface area contributed by atoms with Gasteiger partial charge in [0.05, 0.1) is 0 Å². The maximum absolute atomic E-state index is 11.4. The molecule has 2 nitrogen and oxygen atoms in total. The topological polar surface area (TPSA) is 24.4 Å². The van der Waals surface area contributed by atoms with Crippen LogP contribution in [0, 0.1) is 0 Å². The Hall–Kier alpha value is -0.390.